The van der Waals surface area contributed by atoms with Gasteiger partial charge in [-0.2, -0.15) is 18.2 Å². The van der Waals surface area contributed by atoms with Gasteiger partial charge in [0.25, 0.3) is 0 Å². The Kier molecular flexibility index (Phi) is 5.57. The lowest BCUT2D eigenvalue weighted by molar-refractivity contribution is 0.267. The van der Waals surface area contributed by atoms with Crippen molar-refractivity contribution in [1.82, 2.24) is 14.7 Å². The van der Waals surface area contributed by atoms with Crippen molar-refractivity contribution in [2.45, 2.75) is 26.4 Å². The third-order valence-electron chi connectivity index (χ3n) is 5.05. The predicted molar refractivity (Wildman–Crippen MR) is 108 cm³/mol. The summed E-state index contributed by atoms with van der Waals surface area (Å²) in [6.45, 7) is 3.67. The highest BCUT2D eigenvalue weighted by molar-refractivity contribution is 7.87. The van der Waals surface area contributed by atoms with Gasteiger partial charge >= 0.3 is 10.1 Å². The fraction of sp³-hybridized carbons (Fsp3) is 0.286. The average Bonchev–Trinajstić information content (AvgIpc) is 3.05. The minimum Gasteiger partial charge on any atom is -0.361 e. The molecular formula is C21H21F2N3O3S. The fourth-order valence-corrected chi connectivity index (χ4v) is 4.41. The highest BCUT2D eigenvalue weighted by Crippen LogP contribution is 2.33. The Morgan fingerprint density at radius 1 is 1.10 bits per heavy atom. The molecule has 0 atom stereocenters. The third kappa shape index (κ3) is 4.22. The fourth-order valence-electron chi connectivity index (χ4n) is 3.46. The average molecular weight is 433 g/mol. The second-order valence-electron chi connectivity index (χ2n) is 7.12. The van der Waals surface area contributed by atoms with Crippen molar-refractivity contribution in [1.29, 1.82) is 0 Å². The van der Waals surface area contributed by atoms with Crippen molar-refractivity contribution < 1.29 is 21.4 Å². The minimum atomic E-state index is -3.75. The normalized spacial score (nSPS) is 15.1. The van der Waals surface area contributed by atoms with E-state index in [0.29, 0.717) is 30.9 Å². The maximum absolute atomic E-state index is 14.4. The Balaban J connectivity index is 1.69. The summed E-state index contributed by atoms with van der Waals surface area (Å²) in [6, 6.07) is 12.3. The highest BCUT2D eigenvalue weighted by atomic mass is 32.2. The van der Waals surface area contributed by atoms with E-state index in [0.717, 1.165) is 5.56 Å². The summed E-state index contributed by atoms with van der Waals surface area (Å²) < 4.78 is 58.1. The van der Waals surface area contributed by atoms with E-state index in [4.69, 9.17) is 4.18 Å². The summed E-state index contributed by atoms with van der Waals surface area (Å²) in [7, 11) is -3.75. The number of nitrogens with zero attached hydrogens (tertiary/aromatic N) is 3. The van der Waals surface area contributed by atoms with Crippen molar-refractivity contribution in [2.75, 3.05) is 12.3 Å². The lowest BCUT2D eigenvalue weighted by Gasteiger charge is -2.20. The molecule has 2 heterocycles. The molecule has 9 heteroatoms. The van der Waals surface area contributed by atoms with Crippen LogP contribution >= 0.6 is 0 Å². The molecule has 3 aromatic rings. The number of halogens is 2. The molecule has 30 heavy (non-hydrogen) atoms. The van der Waals surface area contributed by atoms with E-state index >= 15 is 0 Å². The van der Waals surface area contributed by atoms with E-state index in [9.17, 15) is 17.2 Å². The molecule has 0 N–H and O–H groups in total. The van der Waals surface area contributed by atoms with Crippen molar-refractivity contribution >= 4 is 10.1 Å². The summed E-state index contributed by atoms with van der Waals surface area (Å²) in [5, 5.41) is 4.52. The highest BCUT2D eigenvalue weighted by Gasteiger charge is 2.31. The first-order valence-corrected chi connectivity index (χ1v) is 11.2. The Morgan fingerprint density at radius 3 is 2.53 bits per heavy atom. The van der Waals surface area contributed by atoms with E-state index in [1.54, 1.807) is 24.3 Å². The summed E-state index contributed by atoms with van der Waals surface area (Å²) in [5.74, 6) is -0.934. The van der Waals surface area contributed by atoms with Gasteiger partial charge in [0.05, 0.1) is 11.4 Å². The lowest BCUT2D eigenvalue weighted by atomic mass is 10.1. The van der Waals surface area contributed by atoms with Crippen LogP contribution < -0.4 is 4.18 Å². The van der Waals surface area contributed by atoms with Crippen LogP contribution in [0.25, 0.3) is 5.69 Å². The van der Waals surface area contributed by atoms with Gasteiger partial charge in [-0.05, 0) is 42.8 Å². The standard InChI is InChI=1S/C21H21F2N3O3S/c1-2-25(13-15-7-9-16(22)10-8-15)14-19-17-11-12-30(27,28)29-21(17)26(24-19)20-6-4-3-5-18(20)23/h3-10H,2,11-14H2,1H3. The van der Waals surface area contributed by atoms with Crippen molar-refractivity contribution in [3.63, 3.8) is 0 Å². The van der Waals surface area contributed by atoms with Gasteiger partial charge in [0, 0.05) is 18.7 Å². The summed E-state index contributed by atoms with van der Waals surface area (Å²) in [6.07, 6.45) is 0.246. The van der Waals surface area contributed by atoms with Crippen LogP contribution in [0, 0.1) is 11.6 Å². The van der Waals surface area contributed by atoms with Crippen LogP contribution in [0.5, 0.6) is 5.88 Å². The molecule has 0 saturated heterocycles. The van der Waals surface area contributed by atoms with Gasteiger partial charge in [0.15, 0.2) is 0 Å². The largest absolute Gasteiger partial charge is 0.361 e. The summed E-state index contributed by atoms with van der Waals surface area (Å²) in [5.41, 5.74) is 2.36. The van der Waals surface area contributed by atoms with Crippen LogP contribution in [0.1, 0.15) is 23.7 Å². The Hall–Kier alpha value is -2.78. The molecule has 0 radical (unpaired) electrons. The molecule has 0 unspecified atom stereocenters. The molecule has 158 valence electrons. The Bertz CT molecular complexity index is 1160. The number of para-hydroxylation sites is 1. The molecule has 4 rings (SSSR count). The summed E-state index contributed by atoms with van der Waals surface area (Å²) >= 11 is 0. The van der Waals surface area contributed by atoms with Gasteiger partial charge in [-0.15, -0.1) is 0 Å². The number of fused-ring (bicyclic) bond motifs is 1. The smallest absolute Gasteiger partial charge is 0.311 e. The zero-order valence-corrected chi connectivity index (χ0v) is 17.2. The first kappa shape index (κ1) is 20.5. The van der Waals surface area contributed by atoms with Gasteiger partial charge in [0.2, 0.25) is 5.88 Å². The number of aromatic nitrogens is 2. The molecule has 6 nitrogen and oxygen atoms in total. The van der Waals surface area contributed by atoms with E-state index in [2.05, 4.69) is 10.00 Å². The van der Waals surface area contributed by atoms with Crippen LogP contribution in [0.2, 0.25) is 0 Å². The Morgan fingerprint density at radius 2 is 1.83 bits per heavy atom. The van der Waals surface area contributed by atoms with Gasteiger partial charge < -0.3 is 4.18 Å². The van der Waals surface area contributed by atoms with Crippen molar-refractivity contribution in [3.8, 4) is 11.6 Å². The monoisotopic (exact) mass is 433 g/mol. The van der Waals surface area contributed by atoms with Crippen LogP contribution in [0.4, 0.5) is 8.78 Å². The molecule has 1 aromatic heterocycles. The first-order chi connectivity index (χ1) is 14.4. The molecule has 0 saturated carbocycles. The number of hydrogen-bond acceptors (Lipinski definition) is 5. The maximum Gasteiger partial charge on any atom is 0.311 e. The molecule has 0 spiro atoms. The number of hydrogen-bond donors (Lipinski definition) is 0. The van der Waals surface area contributed by atoms with Crippen LogP contribution in [0.15, 0.2) is 48.5 Å². The molecule has 2 aromatic carbocycles. The molecule has 0 amide bonds. The quantitative estimate of drug-likeness (QED) is 0.558. The molecule has 0 aliphatic carbocycles. The number of rotatable bonds is 6. The van der Waals surface area contributed by atoms with Gasteiger partial charge in [-0.25, -0.2) is 8.78 Å². The maximum atomic E-state index is 14.4. The minimum absolute atomic E-state index is 0.0409. The molecule has 1 aliphatic rings. The van der Waals surface area contributed by atoms with Gasteiger partial charge in [-0.3, -0.25) is 4.90 Å². The van der Waals surface area contributed by atoms with Crippen LogP contribution in [-0.4, -0.2) is 35.4 Å². The van der Waals surface area contributed by atoms with Gasteiger partial charge in [-0.1, -0.05) is 31.2 Å². The third-order valence-corrected chi connectivity index (χ3v) is 6.16. The topological polar surface area (TPSA) is 64.4 Å². The zero-order chi connectivity index (χ0) is 21.3. The van der Waals surface area contributed by atoms with E-state index in [1.165, 1.54) is 28.9 Å². The van der Waals surface area contributed by atoms with Gasteiger partial charge in [0.1, 0.15) is 17.3 Å². The lowest BCUT2D eigenvalue weighted by Crippen LogP contribution is -2.25. The van der Waals surface area contributed by atoms with E-state index in [1.807, 2.05) is 6.92 Å². The molecule has 0 fully saturated rings. The molecule has 0 bridgehead atoms. The molecular weight excluding hydrogens is 412 g/mol. The zero-order valence-electron chi connectivity index (χ0n) is 16.4. The first-order valence-electron chi connectivity index (χ1n) is 9.61. The van der Waals surface area contributed by atoms with Crippen molar-refractivity contribution in [3.05, 3.63) is 77.0 Å². The predicted octanol–water partition coefficient (Wildman–Crippen LogP) is 3.44. The number of benzene rings is 2. The summed E-state index contributed by atoms with van der Waals surface area (Å²) in [4.78, 5) is 2.09. The Labute approximate surface area is 173 Å². The van der Waals surface area contributed by atoms with E-state index in [-0.39, 0.29) is 29.6 Å². The van der Waals surface area contributed by atoms with Crippen LogP contribution in [-0.2, 0) is 29.6 Å². The van der Waals surface area contributed by atoms with Crippen LogP contribution in [0.3, 0.4) is 0 Å². The second-order valence-corrected chi connectivity index (χ2v) is 8.81. The van der Waals surface area contributed by atoms with Crippen molar-refractivity contribution in [2.24, 2.45) is 0 Å². The second kappa shape index (κ2) is 8.16. The molecule has 1 aliphatic heterocycles. The SMILES string of the molecule is CCN(Cc1ccc(F)cc1)Cc1nn(-c2ccccc2F)c2c1CCS(=O)(=O)O2. The van der Waals surface area contributed by atoms with E-state index < -0.39 is 15.9 Å².